The molecule has 0 fully saturated rings. The van der Waals surface area contributed by atoms with E-state index in [4.69, 9.17) is 16.9 Å². The number of benzene rings is 1. The van der Waals surface area contributed by atoms with Crippen LogP contribution in [0.4, 0.5) is 18.9 Å². The van der Waals surface area contributed by atoms with E-state index in [2.05, 4.69) is 5.32 Å². The van der Waals surface area contributed by atoms with Crippen molar-refractivity contribution in [2.75, 3.05) is 5.32 Å². The first-order valence-corrected chi connectivity index (χ1v) is 5.76. The molecule has 18 heavy (non-hydrogen) atoms. The van der Waals surface area contributed by atoms with Gasteiger partial charge in [-0.1, -0.05) is 18.5 Å². The van der Waals surface area contributed by atoms with Crippen molar-refractivity contribution < 1.29 is 13.2 Å². The van der Waals surface area contributed by atoms with Crippen LogP contribution < -0.4 is 5.32 Å². The summed E-state index contributed by atoms with van der Waals surface area (Å²) in [5.41, 5.74) is -0.527. The van der Waals surface area contributed by atoms with E-state index in [-0.39, 0.29) is 23.2 Å². The van der Waals surface area contributed by atoms with Crippen LogP contribution in [0.3, 0.4) is 0 Å². The maximum absolute atomic E-state index is 12.6. The van der Waals surface area contributed by atoms with Crippen molar-refractivity contribution in [2.45, 2.75) is 32.0 Å². The molecule has 0 aromatic heterocycles. The zero-order chi connectivity index (χ0) is 13.8. The average molecular weight is 277 g/mol. The largest absolute Gasteiger partial charge is 0.416 e. The van der Waals surface area contributed by atoms with E-state index in [1.807, 2.05) is 13.0 Å². The molecule has 0 aliphatic rings. The Morgan fingerprint density at radius 3 is 2.56 bits per heavy atom. The minimum Gasteiger partial charge on any atom is -0.381 e. The Balaban J connectivity index is 2.97. The smallest absolute Gasteiger partial charge is 0.381 e. The number of nitriles is 1. The molecule has 0 amide bonds. The molecule has 98 valence electrons. The van der Waals surface area contributed by atoms with E-state index in [0.717, 1.165) is 12.1 Å². The standard InChI is InChI=1S/C12H12ClF3N2/c1-2-10(3-4-17)18-11-6-8(12(14,15)16)5-9(13)7-11/h5-7,10,18H,2-3H2,1H3. The minimum absolute atomic E-state index is 0.0131. The van der Waals surface area contributed by atoms with Crippen molar-refractivity contribution >= 4 is 17.3 Å². The molecule has 0 radical (unpaired) electrons. The molecule has 0 heterocycles. The number of hydrogen-bond acceptors (Lipinski definition) is 2. The summed E-state index contributed by atoms with van der Waals surface area (Å²) in [5.74, 6) is 0. The van der Waals surface area contributed by atoms with Gasteiger partial charge in [0.25, 0.3) is 0 Å². The highest BCUT2D eigenvalue weighted by molar-refractivity contribution is 6.30. The van der Waals surface area contributed by atoms with Gasteiger partial charge in [0.15, 0.2) is 0 Å². The summed E-state index contributed by atoms with van der Waals surface area (Å²) in [7, 11) is 0. The third-order valence-electron chi connectivity index (χ3n) is 2.43. The van der Waals surface area contributed by atoms with Crippen LogP contribution >= 0.6 is 11.6 Å². The van der Waals surface area contributed by atoms with Gasteiger partial charge >= 0.3 is 6.18 Å². The summed E-state index contributed by atoms with van der Waals surface area (Å²) in [5, 5.41) is 11.5. The molecular weight excluding hydrogens is 265 g/mol. The van der Waals surface area contributed by atoms with Crippen molar-refractivity contribution in [3.05, 3.63) is 28.8 Å². The highest BCUT2D eigenvalue weighted by Gasteiger charge is 2.31. The molecule has 1 atom stereocenters. The van der Waals surface area contributed by atoms with Crippen LogP contribution in [0.15, 0.2) is 18.2 Å². The van der Waals surface area contributed by atoms with Gasteiger partial charge in [-0.15, -0.1) is 0 Å². The number of alkyl halides is 3. The fourth-order valence-electron chi connectivity index (χ4n) is 1.48. The number of anilines is 1. The predicted molar refractivity (Wildman–Crippen MR) is 64.4 cm³/mol. The molecule has 0 saturated heterocycles. The fraction of sp³-hybridized carbons (Fsp3) is 0.417. The van der Waals surface area contributed by atoms with Gasteiger partial charge < -0.3 is 5.32 Å². The maximum atomic E-state index is 12.6. The molecular formula is C12H12ClF3N2. The molecule has 1 N–H and O–H groups in total. The first-order chi connectivity index (χ1) is 8.36. The molecule has 1 aromatic carbocycles. The van der Waals surface area contributed by atoms with Crippen LogP contribution in [0.1, 0.15) is 25.3 Å². The van der Waals surface area contributed by atoms with Crippen LogP contribution in [0, 0.1) is 11.3 Å². The van der Waals surface area contributed by atoms with E-state index in [1.165, 1.54) is 6.07 Å². The van der Waals surface area contributed by atoms with Gasteiger partial charge in [-0.2, -0.15) is 18.4 Å². The molecule has 0 saturated carbocycles. The van der Waals surface area contributed by atoms with Gasteiger partial charge in [-0.05, 0) is 24.6 Å². The Labute approximate surface area is 108 Å². The van der Waals surface area contributed by atoms with Gasteiger partial charge in [-0.25, -0.2) is 0 Å². The minimum atomic E-state index is -4.43. The Morgan fingerprint density at radius 1 is 1.39 bits per heavy atom. The molecule has 0 aliphatic carbocycles. The molecule has 0 spiro atoms. The quantitative estimate of drug-likeness (QED) is 0.881. The van der Waals surface area contributed by atoms with E-state index in [1.54, 1.807) is 0 Å². The number of rotatable bonds is 4. The first-order valence-electron chi connectivity index (χ1n) is 5.38. The summed E-state index contributed by atoms with van der Waals surface area (Å²) in [6.07, 6.45) is -3.57. The molecule has 2 nitrogen and oxygen atoms in total. The lowest BCUT2D eigenvalue weighted by Gasteiger charge is -2.17. The Hall–Kier alpha value is -1.41. The van der Waals surface area contributed by atoms with Gasteiger partial charge in [0.2, 0.25) is 0 Å². The van der Waals surface area contributed by atoms with Crippen LogP contribution in [0.5, 0.6) is 0 Å². The second-order valence-corrected chi connectivity index (χ2v) is 4.27. The molecule has 1 aromatic rings. The highest BCUT2D eigenvalue weighted by atomic mass is 35.5. The molecule has 0 aliphatic heterocycles. The number of nitrogens with zero attached hydrogens (tertiary/aromatic N) is 1. The lowest BCUT2D eigenvalue weighted by atomic mass is 10.1. The average Bonchev–Trinajstić information content (AvgIpc) is 2.26. The normalized spacial score (nSPS) is 12.9. The fourth-order valence-corrected chi connectivity index (χ4v) is 1.72. The Morgan fingerprint density at radius 2 is 2.06 bits per heavy atom. The number of hydrogen-bond donors (Lipinski definition) is 1. The summed E-state index contributed by atoms with van der Waals surface area (Å²) >= 11 is 5.65. The highest BCUT2D eigenvalue weighted by Crippen LogP contribution is 2.33. The summed E-state index contributed by atoms with van der Waals surface area (Å²) < 4.78 is 37.7. The second kappa shape index (κ2) is 5.96. The van der Waals surface area contributed by atoms with Crippen molar-refractivity contribution in [3.8, 4) is 6.07 Å². The zero-order valence-corrected chi connectivity index (χ0v) is 10.4. The molecule has 1 rings (SSSR count). The lowest BCUT2D eigenvalue weighted by Crippen LogP contribution is -2.18. The maximum Gasteiger partial charge on any atom is 0.416 e. The van der Waals surface area contributed by atoms with Gasteiger partial charge in [0.05, 0.1) is 18.1 Å². The van der Waals surface area contributed by atoms with E-state index in [0.29, 0.717) is 6.42 Å². The summed E-state index contributed by atoms with van der Waals surface area (Å²) in [6, 6.07) is 5.07. The monoisotopic (exact) mass is 276 g/mol. The van der Waals surface area contributed by atoms with Crippen molar-refractivity contribution in [2.24, 2.45) is 0 Å². The third kappa shape index (κ3) is 4.11. The summed E-state index contributed by atoms with van der Waals surface area (Å²) in [4.78, 5) is 0. The SMILES string of the molecule is CCC(CC#N)Nc1cc(Cl)cc(C(F)(F)F)c1. The van der Waals surface area contributed by atoms with Gasteiger partial charge in [0.1, 0.15) is 0 Å². The van der Waals surface area contributed by atoms with Crippen LogP contribution in [0.25, 0.3) is 0 Å². The van der Waals surface area contributed by atoms with Crippen LogP contribution in [-0.4, -0.2) is 6.04 Å². The molecule has 1 unspecified atom stereocenters. The third-order valence-corrected chi connectivity index (χ3v) is 2.64. The van der Waals surface area contributed by atoms with Crippen molar-refractivity contribution in [1.29, 1.82) is 5.26 Å². The number of halogens is 4. The molecule has 0 bridgehead atoms. The molecule has 6 heteroatoms. The topological polar surface area (TPSA) is 35.8 Å². The van der Waals surface area contributed by atoms with Crippen LogP contribution in [0.2, 0.25) is 5.02 Å². The van der Waals surface area contributed by atoms with E-state index >= 15 is 0 Å². The second-order valence-electron chi connectivity index (χ2n) is 3.84. The van der Waals surface area contributed by atoms with Crippen molar-refractivity contribution in [3.63, 3.8) is 0 Å². The van der Waals surface area contributed by atoms with Gasteiger partial charge in [0, 0.05) is 16.8 Å². The number of nitrogens with one attached hydrogen (secondary N) is 1. The first kappa shape index (κ1) is 14.7. The Kier molecular flexibility index (Phi) is 4.85. The predicted octanol–water partition coefficient (Wildman–Crippen LogP) is 4.46. The lowest BCUT2D eigenvalue weighted by molar-refractivity contribution is -0.137. The van der Waals surface area contributed by atoms with Crippen molar-refractivity contribution in [1.82, 2.24) is 0 Å². The summed E-state index contributed by atoms with van der Waals surface area (Å²) in [6.45, 7) is 1.85. The van der Waals surface area contributed by atoms with E-state index in [9.17, 15) is 13.2 Å². The van der Waals surface area contributed by atoms with Gasteiger partial charge in [-0.3, -0.25) is 0 Å². The van der Waals surface area contributed by atoms with E-state index < -0.39 is 11.7 Å². The van der Waals surface area contributed by atoms with Crippen LogP contribution in [-0.2, 0) is 6.18 Å². The zero-order valence-electron chi connectivity index (χ0n) is 9.68. The Bertz CT molecular complexity index is 452.